The number of thiazole rings is 1. The van der Waals surface area contributed by atoms with Crippen molar-refractivity contribution < 1.29 is 14.3 Å². The van der Waals surface area contributed by atoms with Crippen LogP contribution in [0.2, 0.25) is 0 Å². The summed E-state index contributed by atoms with van der Waals surface area (Å²) in [6.07, 6.45) is 3.35. The van der Waals surface area contributed by atoms with Gasteiger partial charge in [-0.2, -0.15) is 0 Å². The maximum absolute atomic E-state index is 12.2. The molecule has 0 saturated carbocycles. The van der Waals surface area contributed by atoms with Gasteiger partial charge in [-0.3, -0.25) is 4.79 Å². The molecule has 2 aromatic heterocycles. The molecule has 0 aliphatic carbocycles. The van der Waals surface area contributed by atoms with Gasteiger partial charge in [-0.05, 0) is 19.1 Å². The van der Waals surface area contributed by atoms with E-state index in [1.165, 1.54) is 0 Å². The van der Waals surface area contributed by atoms with E-state index in [4.69, 9.17) is 9.47 Å². The smallest absolute Gasteiger partial charge is 0.257 e. The van der Waals surface area contributed by atoms with Crippen LogP contribution >= 0.6 is 11.3 Å². The van der Waals surface area contributed by atoms with Crippen LogP contribution in [0.4, 0.5) is 0 Å². The third-order valence-electron chi connectivity index (χ3n) is 2.63. The fraction of sp³-hybridized carbons (Fsp3) is 0.357. The third kappa shape index (κ3) is 4.51. The van der Waals surface area contributed by atoms with E-state index >= 15 is 0 Å². The number of nitrogens with zero attached hydrogens (tertiary/aromatic N) is 2. The molecule has 0 aromatic carbocycles. The molecule has 0 aliphatic rings. The lowest BCUT2D eigenvalue weighted by atomic mass is 10.2. The number of hydrogen-bond donors (Lipinski definition) is 1. The molecular formula is C14H17N3O3S. The minimum Gasteiger partial charge on any atom is -0.475 e. The summed E-state index contributed by atoms with van der Waals surface area (Å²) >= 11 is 1.56. The minimum absolute atomic E-state index is 0.221. The minimum atomic E-state index is -0.221. The number of nitrogens with one attached hydrogen (secondary N) is 1. The number of carbonyl (C=O) groups is 1. The van der Waals surface area contributed by atoms with Gasteiger partial charge in [0.2, 0.25) is 5.88 Å². The van der Waals surface area contributed by atoms with E-state index < -0.39 is 0 Å². The molecule has 2 rings (SSSR count). The van der Waals surface area contributed by atoms with Crippen molar-refractivity contribution in [2.45, 2.75) is 13.5 Å². The lowest BCUT2D eigenvalue weighted by molar-refractivity contribution is 0.0942. The zero-order valence-corrected chi connectivity index (χ0v) is 12.8. The van der Waals surface area contributed by atoms with Gasteiger partial charge in [0.25, 0.3) is 5.91 Å². The number of ether oxygens (including phenoxy) is 2. The van der Waals surface area contributed by atoms with E-state index in [0.29, 0.717) is 31.2 Å². The first-order valence-electron chi connectivity index (χ1n) is 6.47. The predicted octanol–water partition coefficient (Wildman–Crippen LogP) is 1.80. The summed E-state index contributed by atoms with van der Waals surface area (Å²) in [4.78, 5) is 21.4. The van der Waals surface area contributed by atoms with Crippen LogP contribution in [0.5, 0.6) is 5.88 Å². The summed E-state index contributed by atoms with van der Waals surface area (Å²) in [5, 5.41) is 3.82. The molecule has 2 heterocycles. The summed E-state index contributed by atoms with van der Waals surface area (Å²) in [6, 6.07) is 3.39. The quantitative estimate of drug-likeness (QED) is 0.790. The van der Waals surface area contributed by atoms with Crippen molar-refractivity contribution in [1.82, 2.24) is 15.3 Å². The second-order valence-corrected chi connectivity index (χ2v) is 5.54. The molecule has 0 bridgehead atoms. The summed E-state index contributed by atoms with van der Waals surface area (Å²) in [5.74, 6) is 0.0918. The molecule has 6 nitrogen and oxygen atoms in total. The van der Waals surface area contributed by atoms with Crippen LogP contribution in [0.25, 0.3) is 0 Å². The Bertz CT molecular complexity index is 601. The lowest BCUT2D eigenvalue weighted by Gasteiger charge is -2.09. The van der Waals surface area contributed by atoms with Crippen molar-refractivity contribution >= 4 is 17.2 Å². The summed E-state index contributed by atoms with van der Waals surface area (Å²) < 4.78 is 10.4. The van der Waals surface area contributed by atoms with Gasteiger partial charge < -0.3 is 14.8 Å². The standard InChI is InChI=1S/C14H17N3O3S/c1-10-16-8-11(21-10)9-17-13(18)12-4-3-5-15-14(12)20-7-6-19-2/h3-5,8H,6-7,9H2,1-2H3,(H,17,18). The SMILES string of the molecule is COCCOc1ncccc1C(=O)NCc1cnc(C)s1. The number of hydrogen-bond acceptors (Lipinski definition) is 6. The highest BCUT2D eigenvalue weighted by atomic mass is 32.1. The molecule has 0 unspecified atom stereocenters. The number of methoxy groups -OCH3 is 1. The van der Waals surface area contributed by atoms with Crippen LogP contribution in [-0.2, 0) is 11.3 Å². The number of pyridine rings is 1. The van der Waals surface area contributed by atoms with Gasteiger partial charge in [0, 0.05) is 24.4 Å². The summed E-state index contributed by atoms with van der Waals surface area (Å²) in [6.45, 7) is 3.16. The van der Waals surface area contributed by atoms with Gasteiger partial charge in [-0.1, -0.05) is 0 Å². The van der Waals surface area contributed by atoms with E-state index in [0.717, 1.165) is 9.88 Å². The van der Waals surface area contributed by atoms with Crippen molar-refractivity contribution in [2.24, 2.45) is 0 Å². The van der Waals surface area contributed by atoms with Gasteiger partial charge >= 0.3 is 0 Å². The molecule has 21 heavy (non-hydrogen) atoms. The number of rotatable bonds is 7. The maximum Gasteiger partial charge on any atom is 0.257 e. The zero-order valence-electron chi connectivity index (χ0n) is 12.0. The molecule has 112 valence electrons. The van der Waals surface area contributed by atoms with Crippen molar-refractivity contribution in [2.75, 3.05) is 20.3 Å². The van der Waals surface area contributed by atoms with E-state index in [9.17, 15) is 4.79 Å². The van der Waals surface area contributed by atoms with Gasteiger partial charge in [-0.15, -0.1) is 11.3 Å². The molecule has 0 aliphatic heterocycles. The largest absolute Gasteiger partial charge is 0.475 e. The number of carbonyl (C=O) groups excluding carboxylic acids is 1. The Balaban J connectivity index is 1.97. The molecule has 0 radical (unpaired) electrons. The van der Waals surface area contributed by atoms with E-state index in [-0.39, 0.29) is 5.91 Å². The Hall–Kier alpha value is -1.99. The Kier molecular flexibility index (Phi) is 5.65. The van der Waals surface area contributed by atoms with Crippen molar-refractivity contribution in [3.8, 4) is 5.88 Å². The first-order chi connectivity index (χ1) is 10.2. The van der Waals surface area contributed by atoms with Gasteiger partial charge in [0.1, 0.15) is 12.2 Å². The van der Waals surface area contributed by atoms with Crippen LogP contribution in [0.15, 0.2) is 24.5 Å². The van der Waals surface area contributed by atoms with E-state index in [1.807, 2.05) is 6.92 Å². The van der Waals surface area contributed by atoms with Crippen LogP contribution in [-0.4, -0.2) is 36.2 Å². The average molecular weight is 307 g/mol. The first kappa shape index (κ1) is 15.4. The molecule has 7 heteroatoms. The molecule has 2 aromatic rings. The number of aryl methyl sites for hydroxylation is 1. The average Bonchev–Trinajstić information content (AvgIpc) is 2.91. The Morgan fingerprint density at radius 3 is 2.95 bits per heavy atom. The Morgan fingerprint density at radius 2 is 2.24 bits per heavy atom. The second kappa shape index (κ2) is 7.70. The van der Waals surface area contributed by atoms with E-state index in [1.54, 1.807) is 43.0 Å². The van der Waals surface area contributed by atoms with Gasteiger partial charge in [-0.25, -0.2) is 9.97 Å². The lowest BCUT2D eigenvalue weighted by Crippen LogP contribution is -2.23. The van der Waals surface area contributed by atoms with Crippen LogP contribution in [0, 0.1) is 6.92 Å². The molecule has 0 fully saturated rings. The number of aromatic nitrogens is 2. The van der Waals surface area contributed by atoms with Gasteiger partial charge in [0.05, 0.1) is 18.2 Å². The second-order valence-electron chi connectivity index (χ2n) is 4.23. The highest BCUT2D eigenvalue weighted by Gasteiger charge is 2.13. The maximum atomic E-state index is 12.2. The normalized spacial score (nSPS) is 10.4. The molecular weight excluding hydrogens is 290 g/mol. The highest BCUT2D eigenvalue weighted by Crippen LogP contribution is 2.15. The molecule has 1 N–H and O–H groups in total. The Labute approximate surface area is 127 Å². The van der Waals surface area contributed by atoms with Crippen molar-refractivity contribution in [1.29, 1.82) is 0 Å². The molecule has 0 atom stereocenters. The van der Waals surface area contributed by atoms with Crippen LogP contribution < -0.4 is 10.1 Å². The van der Waals surface area contributed by atoms with Crippen LogP contribution in [0.3, 0.4) is 0 Å². The van der Waals surface area contributed by atoms with Crippen molar-refractivity contribution in [3.63, 3.8) is 0 Å². The monoisotopic (exact) mass is 307 g/mol. The fourth-order valence-electron chi connectivity index (χ4n) is 1.65. The van der Waals surface area contributed by atoms with E-state index in [2.05, 4.69) is 15.3 Å². The highest BCUT2D eigenvalue weighted by molar-refractivity contribution is 7.11. The summed E-state index contributed by atoms with van der Waals surface area (Å²) in [5.41, 5.74) is 0.412. The van der Waals surface area contributed by atoms with Gasteiger partial charge in [0.15, 0.2) is 0 Å². The van der Waals surface area contributed by atoms with Crippen molar-refractivity contribution in [3.05, 3.63) is 40.0 Å². The third-order valence-corrected chi connectivity index (χ3v) is 3.55. The Morgan fingerprint density at radius 1 is 1.38 bits per heavy atom. The molecule has 0 saturated heterocycles. The molecule has 0 spiro atoms. The topological polar surface area (TPSA) is 73.3 Å². The predicted molar refractivity (Wildman–Crippen MR) is 79.6 cm³/mol. The zero-order chi connectivity index (χ0) is 15.1. The van der Waals surface area contributed by atoms with Crippen LogP contribution in [0.1, 0.15) is 20.2 Å². The molecule has 1 amide bonds. The number of amides is 1. The first-order valence-corrected chi connectivity index (χ1v) is 7.28. The summed E-state index contributed by atoms with van der Waals surface area (Å²) in [7, 11) is 1.59. The fourth-order valence-corrected chi connectivity index (χ4v) is 2.38.